The van der Waals surface area contributed by atoms with E-state index >= 15 is 0 Å². The lowest BCUT2D eigenvalue weighted by Gasteiger charge is -2.38. The highest BCUT2D eigenvalue weighted by molar-refractivity contribution is 5.72. The molecule has 0 bridgehead atoms. The van der Waals surface area contributed by atoms with Crippen LogP contribution in [0.4, 0.5) is 9.59 Å². The van der Waals surface area contributed by atoms with Crippen LogP contribution in [0, 0.1) is 5.92 Å². The highest BCUT2D eigenvalue weighted by Crippen LogP contribution is 2.31. The van der Waals surface area contributed by atoms with Gasteiger partial charge in [0.2, 0.25) is 0 Å². The number of rotatable bonds is 6. The van der Waals surface area contributed by atoms with Gasteiger partial charge in [0, 0.05) is 18.5 Å². The number of amides is 4. The lowest BCUT2D eigenvalue weighted by Crippen LogP contribution is -2.53. The van der Waals surface area contributed by atoms with Crippen LogP contribution in [0.25, 0.3) is 0 Å². The molecule has 4 amide bonds. The second-order valence-electron chi connectivity index (χ2n) is 5.11. The molecular formula is C14H22N4O2. The molecule has 0 aromatic heterocycles. The summed E-state index contributed by atoms with van der Waals surface area (Å²) in [5, 5.41) is 5.27. The van der Waals surface area contributed by atoms with Crippen molar-refractivity contribution >= 4 is 12.1 Å². The molecule has 0 saturated carbocycles. The molecule has 6 heteroatoms. The lowest BCUT2D eigenvalue weighted by molar-refractivity contribution is 0.229. The van der Waals surface area contributed by atoms with Gasteiger partial charge in [0.05, 0.1) is 0 Å². The van der Waals surface area contributed by atoms with E-state index in [0.717, 1.165) is 5.56 Å². The van der Waals surface area contributed by atoms with Crippen molar-refractivity contribution in [2.45, 2.75) is 19.3 Å². The molecule has 0 spiro atoms. The zero-order chi connectivity index (χ0) is 15.2. The highest BCUT2D eigenvalue weighted by Gasteiger charge is 2.36. The van der Waals surface area contributed by atoms with Gasteiger partial charge in [0.15, 0.2) is 0 Å². The fourth-order valence-corrected chi connectivity index (χ4v) is 2.27. The Balaban J connectivity index is 3.12. The van der Waals surface area contributed by atoms with Crippen LogP contribution in [0.3, 0.4) is 0 Å². The number of nitrogens with one attached hydrogen (secondary N) is 2. The van der Waals surface area contributed by atoms with Crippen LogP contribution in [0.15, 0.2) is 30.3 Å². The summed E-state index contributed by atoms with van der Waals surface area (Å²) in [6.45, 7) is 4.70. The first kappa shape index (κ1) is 15.8. The zero-order valence-corrected chi connectivity index (χ0v) is 11.8. The summed E-state index contributed by atoms with van der Waals surface area (Å²) in [5.41, 5.74) is 10.9. The van der Waals surface area contributed by atoms with Gasteiger partial charge in [-0.1, -0.05) is 44.2 Å². The average molecular weight is 278 g/mol. The molecule has 110 valence electrons. The van der Waals surface area contributed by atoms with Gasteiger partial charge in [-0.3, -0.25) is 0 Å². The molecular weight excluding hydrogens is 256 g/mol. The summed E-state index contributed by atoms with van der Waals surface area (Å²) in [7, 11) is 0. The highest BCUT2D eigenvalue weighted by atomic mass is 16.2. The van der Waals surface area contributed by atoms with Crippen LogP contribution in [0.5, 0.6) is 0 Å². The van der Waals surface area contributed by atoms with E-state index in [2.05, 4.69) is 10.6 Å². The third-order valence-electron chi connectivity index (χ3n) is 3.61. The predicted octanol–water partition coefficient (Wildman–Crippen LogP) is 0.917. The van der Waals surface area contributed by atoms with Gasteiger partial charge in [-0.15, -0.1) is 0 Å². The second-order valence-corrected chi connectivity index (χ2v) is 5.11. The monoisotopic (exact) mass is 278 g/mol. The van der Waals surface area contributed by atoms with Gasteiger partial charge < -0.3 is 22.1 Å². The van der Waals surface area contributed by atoms with Gasteiger partial charge in [-0.25, -0.2) is 9.59 Å². The number of urea groups is 2. The van der Waals surface area contributed by atoms with Crippen LogP contribution < -0.4 is 22.1 Å². The number of benzene rings is 1. The van der Waals surface area contributed by atoms with Crippen LogP contribution in [0.1, 0.15) is 19.4 Å². The maximum atomic E-state index is 11.0. The molecule has 1 aromatic carbocycles. The summed E-state index contributed by atoms with van der Waals surface area (Å²) < 4.78 is 0. The Morgan fingerprint density at radius 1 is 1.05 bits per heavy atom. The minimum Gasteiger partial charge on any atom is -0.352 e. The van der Waals surface area contributed by atoms with Gasteiger partial charge in [0.1, 0.15) is 0 Å². The van der Waals surface area contributed by atoms with Gasteiger partial charge in [-0.2, -0.15) is 0 Å². The molecule has 0 aliphatic heterocycles. The van der Waals surface area contributed by atoms with Gasteiger partial charge in [-0.05, 0) is 11.5 Å². The Labute approximate surface area is 118 Å². The third-order valence-corrected chi connectivity index (χ3v) is 3.61. The number of carbonyl (C=O) groups is 2. The van der Waals surface area contributed by atoms with Crippen LogP contribution in [-0.4, -0.2) is 25.2 Å². The van der Waals surface area contributed by atoms with Crippen LogP contribution in [-0.2, 0) is 5.41 Å². The molecule has 0 aliphatic carbocycles. The summed E-state index contributed by atoms with van der Waals surface area (Å²) in [6.07, 6.45) is 0. The summed E-state index contributed by atoms with van der Waals surface area (Å²) in [5.74, 6) is 0.156. The standard InChI is InChI=1S/C14H22N4O2/c1-10(2)14(8-17-12(15)19,9-18-13(16)20)11-6-4-3-5-7-11/h3-7,10H,8-9H2,1-2H3,(H3,15,17,19)(H3,16,18,20). The SMILES string of the molecule is CC(C)C(CNC(N)=O)(CNC(N)=O)c1ccccc1. The molecule has 6 nitrogen and oxygen atoms in total. The first-order chi connectivity index (χ1) is 9.38. The maximum absolute atomic E-state index is 11.0. The maximum Gasteiger partial charge on any atom is 0.312 e. The summed E-state index contributed by atoms with van der Waals surface area (Å²) in [4.78, 5) is 22.1. The van der Waals surface area contributed by atoms with Crippen LogP contribution in [0.2, 0.25) is 0 Å². The number of hydrogen-bond donors (Lipinski definition) is 4. The normalized spacial score (nSPS) is 11.2. The molecule has 0 atom stereocenters. The van der Waals surface area contributed by atoms with E-state index in [1.54, 1.807) is 0 Å². The molecule has 20 heavy (non-hydrogen) atoms. The van der Waals surface area contributed by atoms with E-state index in [1.165, 1.54) is 0 Å². The van der Waals surface area contributed by atoms with E-state index in [1.807, 2.05) is 44.2 Å². The molecule has 0 fully saturated rings. The number of nitrogens with two attached hydrogens (primary N) is 2. The molecule has 0 saturated heterocycles. The van der Waals surface area contributed by atoms with E-state index in [9.17, 15) is 9.59 Å². The molecule has 1 aromatic rings. The quantitative estimate of drug-likeness (QED) is 0.620. The van der Waals surface area contributed by atoms with E-state index in [0.29, 0.717) is 13.1 Å². The van der Waals surface area contributed by atoms with Crippen molar-refractivity contribution in [3.63, 3.8) is 0 Å². The minimum absolute atomic E-state index is 0.156. The molecule has 0 aliphatic rings. The fourth-order valence-electron chi connectivity index (χ4n) is 2.27. The Bertz CT molecular complexity index is 442. The fraction of sp³-hybridized carbons (Fsp3) is 0.429. The Hall–Kier alpha value is -2.24. The number of carbonyl (C=O) groups excluding carboxylic acids is 2. The Morgan fingerprint density at radius 2 is 1.50 bits per heavy atom. The van der Waals surface area contributed by atoms with Crippen molar-refractivity contribution in [2.24, 2.45) is 17.4 Å². The van der Waals surface area contributed by atoms with Crippen molar-refractivity contribution < 1.29 is 9.59 Å². The van der Waals surface area contributed by atoms with Crippen molar-refractivity contribution in [2.75, 3.05) is 13.1 Å². The molecule has 6 N–H and O–H groups in total. The molecule has 0 unspecified atom stereocenters. The second kappa shape index (κ2) is 6.79. The Kier molecular flexibility index (Phi) is 5.37. The lowest BCUT2D eigenvalue weighted by atomic mass is 9.71. The largest absolute Gasteiger partial charge is 0.352 e. The van der Waals surface area contributed by atoms with E-state index < -0.39 is 17.5 Å². The van der Waals surface area contributed by atoms with Gasteiger partial charge >= 0.3 is 12.1 Å². The summed E-state index contributed by atoms with van der Waals surface area (Å²) in [6, 6.07) is 8.49. The predicted molar refractivity (Wildman–Crippen MR) is 78.1 cm³/mol. The molecule has 0 heterocycles. The van der Waals surface area contributed by atoms with Crippen molar-refractivity contribution in [3.8, 4) is 0 Å². The first-order valence-electron chi connectivity index (χ1n) is 6.50. The van der Waals surface area contributed by atoms with E-state index in [-0.39, 0.29) is 5.92 Å². The Morgan fingerprint density at radius 3 is 1.85 bits per heavy atom. The van der Waals surface area contributed by atoms with E-state index in [4.69, 9.17) is 11.5 Å². The minimum atomic E-state index is -0.593. The summed E-state index contributed by atoms with van der Waals surface area (Å²) >= 11 is 0. The van der Waals surface area contributed by atoms with Crippen molar-refractivity contribution in [1.82, 2.24) is 10.6 Å². The van der Waals surface area contributed by atoms with Gasteiger partial charge in [0.25, 0.3) is 0 Å². The molecule has 0 radical (unpaired) electrons. The molecule has 1 rings (SSSR count). The first-order valence-corrected chi connectivity index (χ1v) is 6.50. The number of primary amides is 2. The zero-order valence-electron chi connectivity index (χ0n) is 11.8. The average Bonchev–Trinajstić information content (AvgIpc) is 2.39. The van der Waals surface area contributed by atoms with Crippen molar-refractivity contribution in [3.05, 3.63) is 35.9 Å². The third kappa shape index (κ3) is 3.88. The number of hydrogen-bond acceptors (Lipinski definition) is 2. The van der Waals surface area contributed by atoms with Crippen LogP contribution >= 0.6 is 0 Å². The van der Waals surface area contributed by atoms with Crippen molar-refractivity contribution in [1.29, 1.82) is 0 Å². The smallest absolute Gasteiger partial charge is 0.312 e. The topological polar surface area (TPSA) is 110 Å².